The Labute approximate surface area is 159 Å². The van der Waals surface area contributed by atoms with Gasteiger partial charge in [-0.05, 0) is 29.7 Å². The van der Waals surface area contributed by atoms with Crippen LogP contribution in [0.15, 0.2) is 73.3 Å². The monoisotopic (exact) mass is 353 g/mol. The Morgan fingerprint density at radius 1 is 0.778 bits per heavy atom. The zero-order valence-corrected chi connectivity index (χ0v) is 15.4. The first-order chi connectivity index (χ1) is 13.4. The fourth-order valence-corrected chi connectivity index (χ4v) is 4.34. The lowest BCUT2D eigenvalue weighted by molar-refractivity contribution is 0.445. The highest BCUT2D eigenvalue weighted by Crippen LogP contribution is 2.37. The summed E-state index contributed by atoms with van der Waals surface area (Å²) in [5.41, 5.74) is 3.51. The number of imidazole rings is 1. The zero-order chi connectivity index (χ0) is 18.1. The Kier molecular flexibility index (Phi) is 4.21. The van der Waals surface area contributed by atoms with E-state index in [-0.39, 0.29) is 0 Å². The van der Waals surface area contributed by atoms with Gasteiger partial charge < -0.3 is 0 Å². The minimum absolute atomic E-state index is 0.646. The molecule has 0 N–H and O–H groups in total. The van der Waals surface area contributed by atoms with Crippen LogP contribution >= 0.6 is 0 Å². The SMILES string of the molecule is c1ccc(-c2cn(-c3ncc(C4CCCCC4)c4ccccc34)cn2)cc1. The molecule has 3 heteroatoms. The van der Waals surface area contributed by atoms with E-state index in [1.54, 1.807) is 0 Å². The molecule has 27 heavy (non-hydrogen) atoms. The van der Waals surface area contributed by atoms with Gasteiger partial charge in [0.1, 0.15) is 12.1 Å². The smallest absolute Gasteiger partial charge is 0.145 e. The van der Waals surface area contributed by atoms with Crippen LogP contribution in [-0.4, -0.2) is 14.5 Å². The Bertz CT molecular complexity index is 1060. The molecular formula is C24H23N3. The summed E-state index contributed by atoms with van der Waals surface area (Å²) < 4.78 is 2.05. The number of rotatable bonds is 3. The van der Waals surface area contributed by atoms with Crippen LogP contribution in [0, 0.1) is 0 Å². The first-order valence-corrected chi connectivity index (χ1v) is 9.87. The van der Waals surface area contributed by atoms with E-state index >= 15 is 0 Å². The highest BCUT2D eigenvalue weighted by atomic mass is 15.1. The Balaban J connectivity index is 1.60. The first-order valence-electron chi connectivity index (χ1n) is 9.87. The second-order valence-electron chi connectivity index (χ2n) is 7.45. The maximum atomic E-state index is 4.88. The maximum Gasteiger partial charge on any atom is 0.145 e. The molecule has 5 rings (SSSR count). The van der Waals surface area contributed by atoms with Crippen molar-refractivity contribution in [3.8, 4) is 17.1 Å². The van der Waals surface area contributed by atoms with Crippen LogP contribution in [-0.2, 0) is 0 Å². The predicted molar refractivity (Wildman–Crippen MR) is 110 cm³/mol. The van der Waals surface area contributed by atoms with Crippen molar-refractivity contribution in [2.24, 2.45) is 0 Å². The van der Waals surface area contributed by atoms with Crippen LogP contribution < -0.4 is 0 Å². The molecule has 0 bridgehead atoms. The number of hydrogen-bond donors (Lipinski definition) is 0. The molecule has 0 atom stereocenters. The van der Waals surface area contributed by atoms with Gasteiger partial charge in [-0.15, -0.1) is 0 Å². The normalized spacial score (nSPS) is 15.3. The van der Waals surface area contributed by atoms with Gasteiger partial charge in [0.15, 0.2) is 0 Å². The van der Waals surface area contributed by atoms with E-state index in [1.165, 1.54) is 48.4 Å². The van der Waals surface area contributed by atoms with Crippen molar-refractivity contribution >= 4 is 10.8 Å². The average Bonchev–Trinajstić information content (AvgIpc) is 3.24. The van der Waals surface area contributed by atoms with Gasteiger partial charge >= 0.3 is 0 Å². The van der Waals surface area contributed by atoms with Gasteiger partial charge in [-0.1, -0.05) is 73.9 Å². The van der Waals surface area contributed by atoms with Crippen LogP contribution in [0.2, 0.25) is 0 Å². The third-order valence-electron chi connectivity index (χ3n) is 5.75. The molecule has 0 radical (unpaired) electrons. The third kappa shape index (κ3) is 3.03. The second-order valence-corrected chi connectivity index (χ2v) is 7.45. The minimum Gasteiger partial charge on any atom is -0.289 e. The zero-order valence-electron chi connectivity index (χ0n) is 15.4. The third-order valence-corrected chi connectivity index (χ3v) is 5.75. The van der Waals surface area contributed by atoms with E-state index in [0.717, 1.165) is 17.1 Å². The molecule has 1 saturated carbocycles. The van der Waals surface area contributed by atoms with Crippen molar-refractivity contribution in [1.29, 1.82) is 0 Å². The number of fused-ring (bicyclic) bond motifs is 1. The summed E-state index contributed by atoms with van der Waals surface area (Å²) in [6, 6.07) is 19.0. The molecule has 0 aliphatic heterocycles. The fraction of sp³-hybridized carbons (Fsp3) is 0.250. The molecule has 3 nitrogen and oxygen atoms in total. The largest absolute Gasteiger partial charge is 0.289 e. The summed E-state index contributed by atoms with van der Waals surface area (Å²) in [4.78, 5) is 9.49. The van der Waals surface area contributed by atoms with Gasteiger partial charge in [0.05, 0.1) is 5.69 Å². The Hall–Kier alpha value is -2.94. The molecule has 0 spiro atoms. The highest BCUT2D eigenvalue weighted by Gasteiger charge is 2.19. The second kappa shape index (κ2) is 6.99. The van der Waals surface area contributed by atoms with Crippen LogP contribution in [0.3, 0.4) is 0 Å². The molecule has 1 aliphatic rings. The fourth-order valence-electron chi connectivity index (χ4n) is 4.34. The van der Waals surface area contributed by atoms with Gasteiger partial charge in [0.2, 0.25) is 0 Å². The van der Waals surface area contributed by atoms with Crippen LogP contribution in [0.1, 0.15) is 43.6 Å². The predicted octanol–water partition coefficient (Wildman–Crippen LogP) is 6.14. The highest BCUT2D eigenvalue weighted by molar-refractivity contribution is 5.91. The van der Waals surface area contributed by atoms with Crippen LogP contribution in [0.5, 0.6) is 0 Å². The topological polar surface area (TPSA) is 30.7 Å². The van der Waals surface area contributed by atoms with Crippen molar-refractivity contribution in [2.45, 2.75) is 38.0 Å². The molecule has 134 valence electrons. The number of hydrogen-bond acceptors (Lipinski definition) is 2. The molecule has 4 aromatic rings. The van der Waals surface area contributed by atoms with Crippen molar-refractivity contribution in [2.75, 3.05) is 0 Å². The summed E-state index contributed by atoms with van der Waals surface area (Å²) in [6.07, 6.45) is 12.7. The summed E-state index contributed by atoms with van der Waals surface area (Å²) in [6.45, 7) is 0. The summed E-state index contributed by atoms with van der Waals surface area (Å²) >= 11 is 0. The van der Waals surface area contributed by atoms with Crippen molar-refractivity contribution in [1.82, 2.24) is 14.5 Å². The van der Waals surface area contributed by atoms with Gasteiger partial charge in [-0.2, -0.15) is 0 Å². The maximum absolute atomic E-state index is 4.88. The molecular weight excluding hydrogens is 330 g/mol. The number of nitrogens with zero attached hydrogens (tertiary/aromatic N) is 3. The van der Waals surface area contributed by atoms with Crippen molar-refractivity contribution in [3.05, 3.63) is 78.9 Å². The van der Waals surface area contributed by atoms with E-state index in [2.05, 4.69) is 58.3 Å². The van der Waals surface area contributed by atoms with E-state index in [1.807, 2.05) is 24.5 Å². The minimum atomic E-state index is 0.646. The van der Waals surface area contributed by atoms with Crippen LogP contribution in [0.4, 0.5) is 0 Å². The molecule has 1 fully saturated rings. The van der Waals surface area contributed by atoms with Gasteiger partial charge in [0.25, 0.3) is 0 Å². The Morgan fingerprint density at radius 3 is 2.33 bits per heavy atom. The lowest BCUT2D eigenvalue weighted by Gasteiger charge is -2.23. The molecule has 0 amide bonds. The van der Waals surface area contributed by atoms with E-state index in [0.29, 0.717) is 5.92 Å². The lowest BCUT2D eigenvalue weighted by Crippen LogP contribution is -2.07. The van der Waals surface area contributed by atoms with Crippen LogP contribution in [0.25, 0.3) is 27.8 Å². The van der Waals surface area contributed by atoms with Crippen molar-refractivity contribution < 1.29 is 0 Å². The van der Waals surface area contributed by atoms with Crippen molar-refractivity contribution in [3.63, 3.8) is 0 Å². The van der Waals surface area contributed by atoms with E-state index in [9.17, 15) is 0 Å². The number of benzene rings is 2. The van der Waals surface area contributed by atoms with Gasteiger partial charge in [-0.3, -0.25) is 4.57 Å². The van der Waals surface area contributed by atoms with E-state index < -0.39 is 0 Å². The average molecular weight is 353 g/mol. The molecule has 0 saturated heterocycles. The standard InChI is InChI=1S/C24H23N3/c1-3-9-18(10-4-1)22-15-25-24(21-14-8-7-13-20(21)22)27-16-23(26-17-27)19-11-5-2-6-12-19/h2,5-8,11-18H,1,3-4,9-10H2. The summed E-state index contributed by atoms with van der Waals surface area (Å²) in [7, 11) is 0. The quantitative estimate of drug-likeness (QED) is 0.443. The number of aromatic nitrogens is 3. The summed E-state index contributed by atoms with van der Waals surface area (Å²) in [5, 5.41) is 2.54. The van der Waals surface area contributed by atoms with E-state index in [4.69, 9.17) is 4.98 Å². The summed E-state index contributed by atoms with van der Waals surface area (Å²) in [5.74, 6) is 1.60. The lowest BCUT2D eigenvalue weighted by atomic mass is 9.83. The molecule has 2 aromatic carbocycles. The molecule has 2 aromatic heterocycles. The van der Waals surface area contributed by atoms with Gasteiger partial charge in [-0.25, -0.2) is 9.97 Å². The number of pyridine rings is 1. The first kappa shape index (κ1) is 16.2. The Morgan fingerprint density at radius 2 is 1.52 bits per heavy atom. The molecule has 0 unspecified atom stereocenters. The molecule has 2 heterocycles. The molecule has 1 aliphatic carbocycles. The van der Waals surface area contributed by atoms with Gasteiger partial charge in [0, 0.05) is 23.3 Å².